The van der Waals surface area contributed by atoms with Crippen molar-refractivity contribution in [1.29, 1.82) is 0 Å². The number of nitro groups is 2. The Balaban J connectivity index is 0.000000287. The van der Waals surface area contributed by atoms with E-state index in [2.05, 4.69) is 0 Å². The number of primary amides is 1. The number of carbonyl (C=O) groups excluding carboxylic acids is 3. The summed E-state index contributed by atoms with van der Waals surface area (Å²) in [5.74, 6) is 0.933. The van der Waals surface area contributed by atoms with Crippen molar-refractivity contribution in [3.63, 3.8) is 0 Å². The lowest BCUT2D eigenvalue weighted by Crippen LogP contribution is -2.28. The van der Waals surface area contributed by atoms with Crippen LogP contribution >= 0.6 is 0 Å². The number of nitro benzene ring substituents is 2. The van der Waals surface area contributed by atoms with Crippen molar-refractivity contribution in [2.75, 3.05) is 27.3 Å². The van der Waals surface area contributed by atoms with Crippen molar-refractivity contribution in [2.45, 2.75) is 53.0 Å². The molecule has 0 unspecified atom stereocenters. The molecule has 4 aromatic carbocycles. The van der Waals surface area contributed by atoms with E-state index in [0.29, 0.717) is 47.8 Å². The van der Waals surface area contributed by atoms with Crippen molar-refractivity contribution in [3.05, 3.63) is 116 Å². The number of nitrogens with zero attached hydrogens (tertiary/aromatic N) is 4. The molecule has 55 heavy (non-hydrogen) atoms. The van der Waals surface area contributed by atoms with E-state index in [4.69, 9.17) is 19.9 Å². The molecule has 0 bridgehead atoms. The number of hydrogen-bond donors (Lipinski definition) is 2. The maximum atomic E-state index is 12.2. The van der Waals surface area contributed by atoms with Crippen LogP contribution in [0.25, 0.3) is 22.3 Å². The first-order chi connectivity index (χ1) is 25.3. The molecule has 0 aromatic heterocycles. The third-order valence-corrected chi connectivity index (χ3v) is 8.67. The number of aliphatic hydroxyl groups is 1. The van der Waals surface area contributed by atoms with Crippen LogP contribution in [0, 0.1) is 20.2 Å². The molecule has 0 spiro atoms. The molecule has 2 atom stereocenters. The monoisotopic (exact) mass is 759 g/mol. The topological polar surface area (TPSA) is 218 Å². The second-order valence-corrected chi connectivity index (χ2v) is 12.4. The van der Waals surface area contributed by atoms with Gasteiger partial charge in [-0.3, -0.25) is 29.8 Å². The first-order valence-electron chi connectivity index (χ1n) is 16.4. The Morgan fingerprint density at radius 3 is 1.60 bits per heavy atom. The van der Waals surface area contributed by atoms with E-state index in [1.165, 1.54) is 38.5 Å². The predicted octanol–water partition coefficient (Wildman–Crippen LogP) is 6.10. The Labute approximate surface area is 318 Å². The van der Waals surface area contributed by atoms with Crippen molar-refractivity contribution in [1.82, 2.24) is 9.80 Å². The van der Waals surface area contributed by atoms with Gasteiger partial charge in [-0.05, 0) is 46.5 Å². The molecule has 0 saturated carbocycles. The maximum Gasteiger partial charge on any atom is 0.404 e. The fourth-order valence-electron chi connectivity index (χ4n) is 6.21. The van der Waals surface area contributed by atoms with Crippen LogP contribution in [0.15, 0.2) is 84.9 Å². The smallest absolute Gasteiger partial charge is 0.404 e. The third kappa shape index (κ3) is 10.8. The van der Waals surface area contributed by atoms with Crippen LogP contribution in [0.4, 0.5) is 16.2 Å². The molecule has 2 aliphatic heterocycles. The van der Waals surface area contributed by atoms with Crippen LogP contribution in [0.2, 0.25) is 0 Å². The molecule has 2 saturated heterocycles. The molecule has 2 heterocycles. The second-order valence-electron chi connectivity index (χ2n) is 12.4. The van der Waals surface area contributed by atoms with Gasteiger partial charge in [0.1, 0.15) is 17.6 Å². The summed E-state index contributed by atoms with van der Waals surface area (Å²) in [4.78, 5) is 59.3. The van der Waals surface area contributed by atoms with E-state index in [1.807, 2.05) is 24.3 Å². The summed E-state index contributed by atoms with van der Waals surface area (Å²) in [5, 5.41) is 31.7. The van der Waals surface area contributed by atoms with Crippen molar-refractivity contribution >= 4 is 29.3 Å². The Hall–Kier alpha value is -6.55. The fourth-order valence-corrected chi connectivity index (χ4v) is 6.21. The van der Waals surface area contributed by atoms with Crippen LogP contribution in [0.5, 0.6) is 11.5 Å². The summed E-state index contributed by atoms with van der Waals surface area (Å²) in [6, 6.07) is 23.5. The standard InChI is InChI=1S/C19H19N3O6.C18H18N2O5.2CH4/c1-27-17-6-5-12(10-21-11-15(9-18(21)23)28-19(20)24)7-16(17)13-3-2-4-14(8-13)22(25)26;1-25-17-6-5-12(10-19-11-15(21)9-18(19)22)7-16(17)13-3-2-4-14(8-13)20(23)24;;/h2-8,15H,9-11H2,1H3,(H2,20,24);2-8,15,21H,9-11H2,1H3;2*1H4/t2*15-;;/m00../s1. The molecular weight excluding hydrogens is 714 g/mol. The number of benzene rings is 4. The van der Waals surface area contributed by atoms with Gasteiger partial charge >= 0.3 is 6.09 Å². The molecule has 292 valence electrons. The van der Waals surface area contributed by atoms with Gasteiger partial charge in [-0.1, -0.05) is 51.3 Å². The summed E-state index contributed by atoms with van der Waals surface area (Å²) in [6.07, 6.45) is -1.84. The van der Waals surface area contributed by atoms with Crippen molar-refractivity contribution in [3.8, 4) is 33.8 Å². The number of aliphatic hydroxyl groups excluding tert-OH is 1. The average Bonchev–Trinajstić information content (AvgIpc) is 3.65. The van der Waals surface area contributed by atoms with E-state index >= 15 is 0 Å². The number of methoxy groups -OCH3 is 2. The van der Waals surface area contributed by atoms with Gasteiger partial charge in [0.15, 0.2) is 0 Å². The fraction of sp³-hybridized carbons (Fsp3) is 0.308. The summed E-state index contributed by atoms with van der Waals surface area (Å²) in [5.41, 5.74) is 9.38. The normalized spacial score (nSPS) is 15.9. The summed E-state index contributed by atoms with van der Waals surface area (Å²) < 4.78 is 15.7. The van der Waals surface area contributed by atoms with Gasteiger partial charge in [-0.2, -0.15) is 0 Å². The van der Waals surface area contributed by atoms with E-state index in [1.54, 1.807) is 46.2 Å². The number of carbonyl (C=O) groups is 3. The average molecular weight is 760 g/mol. The molecule has 3 N–H and O–H groups in total. The zero-order chi connectivity index (χ0) is 38.2. The van der Waals surface area contributed by atoms with Crippen LogP contribution in [0.3, 0.4) is 0 Å². The molecular formula is C39H45N5O11. The Kier molecular flexibility index (Phi) is 14.8. The van der Waals surface area contributed by atoms with Crippen molar-refractivity contribution < 1.29 is 43.5 Å². The van der Waals surface area contributed by atoms with Crippen molar-refractivity contribution in [2.24, 2.45) is 5.73 Å². The summed E-state index contributed by atoms with van der Waals surface area (Å²) in [7, 11) is 3.06. The van der Waals surface area contributed by atoms with Gasteiger partial charge in [0, 0.05) is 55.0 Å². The zero-order valence-electron chi connectivity index (χ0n) is 28.9. The van der Waals surface area contributed by atoms with E-state index in [0.717, 1.165) is 16.7 Å². The molecule has 4 aromatic rings. The highest BCUT2D eigenvalue weighted by molar-refractivity contribution is 5.80. The van der Waals surface area contributed by atoms with E-state index in [-0.39, 0.29) is 57.4 Å². The highest BCUT2D eigenvalue weighted by Gasteiger charge is 2.32. The quantitative estimate of drug-likeness (QED) is 0.131. The minimum Gasteiger partial charge on any atom is -0.496 e. The minimum atomic E-state index is -0.906. The maximum absolute atomic E-state index is 12.2. The van der Waals surface area contributed by atoms with Gasteiger partial charge < -0.3 is 34.9 Å². The number of β-amino-alcohol motifs (C(OH)–C–C–N with tert-alkyl or cyclic N) is 1. The lowest BCUT2D eigenvalue weighted by atomic mass is 10.0. The molecule has 16 heteroatoms. The molecule has 2 aliphatic rings. The molecule has 16 nitrogen and oxygen atoms in total. The number of nitrogens with two attached hydrogens (primary N) is 1. The highest BCUT2D eigenvalue weighted by Crippen LogP contribution is 2.35. The lowest BCUT2D eigenvalue weighted by Gasteiger charge is -2.18. The molecule has 2 fully saturated rings. The number of amides is 3. The molecule has 3 amide bonds. The van der Waals surface area contributed by atoms with Crippen LogP contribution in [-0.2, 0) is 27.4 Å². The van der Waals surface area contributed by atoms with Crippen LogP contribution < -0.4 is 15.2 Å². The number of hydrogen-bond acceptors (Lipinski definition) is 11. The molecule has 0 radical (unpaired) electrons. The van der Waals surface area contributed by atoms with E-state index < -0.39 is 28.1 Å². The SMILES string of the molecule is C.C.COc1ccc(CN2C[C@@H](O)CC2=O)cc1-c1cccc([N+](=O)[O-])c1.COc1ccc(CN2C[C@@H](OC(N)=O)CC2=O)cc1-c1cccc([N+](=O)[O-])c1. The van der Waals surface area contributed by atoms with Gasteiger partial charge in [-0.15, -0.1) is 0 Å². The summed E-state index contributed by atoms with van der Waals surface area (Å²) in [6.45, 7) is 1.27. The number of rotatable bonds is 11. The Morgan fingerprint density at radius 2 is 1.20 bits per heavy atom. The largest absolute Gasteiger partial charge is 0.496 e. The molecule has 6 rings (SSSR count). The highest BCUT2D eigenvalue weighted by atomic mass is 16.6. The second kappa shape index (κ2) is 19.0. The predicted molar refractivity (Wildman–Crippen MR) is 204 cm³/mol. The minimum absolute atomic E-state index is 0. The van der Waals surface area contributed by atoms with Gasteiger partial charge in [-0.25, -0.2) is 4.79 Å². The van der Waals surface area contributed by atoms with E-state index in [9.17, 15) is 39.7 Å². The van der Waals surface area contributed by atoms with Gasteiger partial charge in [0.05, 0.1) is 49.6 Å². The first kappa shape index (κ1) is 42.9. The first-order valence-corrected chi connectivity index (χ1v) is 16.4. The summed E-state index contributed by atoms with van der Waals surface area (Å²) >= 11 is 0. The van der Waals surface area contributed by atoms with Crippen LogP contribution in [0.1, 0.15) is 38.8 Å². The third-order valence-electron chi connectivity index (χ3n) is 8.67. The Morgan fingerprint density at radius 1 is 0.745 bits per heavy atom. The van der Waals surface area contributed by atoms with Gasteiger partial charge in [0.25, 0.3) is 11.4 Å². The zero-order valence-corrected chi connectivity index (χ0v) is 28.9. The number of non-ortho nitro benzene ring substituents is 2. The molecule has 0 aliphatic carbocycles. The lowest BCUT2D eigenvalue weighted by molar-refractivity contribution is -0.385. The van der Waals surface area contributed by atoms with Crippen LogP contribution in [-0.4, -0.2) is 82.2 Å². The number of likely N-dealkylation sites (tertiary alicyclic amines) is 2. The van der Waals surface area contributed by atoms with Gasteiger partial charge in [0.2, 0.25) is 11.8 Å². The number of ether oxygens (including phenoxy) is 3. The Bertz CT molecular complexity index is 2040.